The summed E-state index contributed by atoms with van der Waals surface area (Å²) in [6.07, 6.45) is 12.6. The molecular formula is C32H40N2O7. The van der Waals surface area contributed by atoms with E-state index in [4.69, 9.17) is 28.1 Å². The summed E-state index contributed by atoms with van der Waals surface area (Å²) in [5, 5.41) is 9.25. The van der Waals surface area contributed by atoms with Crippen LogP contribution in [-0.2, 0) is 28.5 Å². The molecular weight excluding hydrogens is 524 g/mol. The number of oxazole rings is 1. The van der Waals surface area contributed by atoms with Gasteiger partial charge in [0.05, 0.1) is 43.2 Å². The number of carbonyl (C=O) groups excluding carboxylic acids is 1. The second-order valence-electron chi connectivity index (χ2n) is 11.6. The third kappa shape index (κ3) is 7.25. The van der Waals surface area contributed by atoms with E-state index in [0.29, 0.717) is 31.0 Å². The molecule has 0 N–H and O–H groups in total. The molecule has 0 saturated carbocycles. The molecule has 8 bridgehead atoms. The lowest BCUT2D eigenvalue weighted by atomic mass is 9.79. The number of hydrogen-bond donors (Lipinski definition) is 0. The van der Waals surface area contributed by atoms with Crippen LogP contribution < -0.4 is 0 Å². The van der Waals surface area contributed by atoms with Crippen LogP contribution in [0.2, 0.25) is 0 Å². The molecule has 0 amide bonds. The molecule has 220 valence electrons. The second-order valence-corrected chi connectivity index (χ2v) is 11.6. The van der Waals surface area contributed by atoms with Crippen LogP contribution in [-0.4, -0.2) is 54.2 Å². The summed E-state index contributed by atoms with van der Waals surface area (Å²) in [7, 11) is 0. The molecule has 3 saturated heterocycles. The molecule has 9 atom stereocenters. The van der Waals surface area contributed by atoms with Crippen LogP contribution in [0.1, 0.15) is 77.2 Å². The van der Waals surface area contributed by atoms with E-state index in [9.17, 15) is 10.1 Å². The highest BCUT2D eigenvalue weighted by molar-refractivity contribution is 5.82. The van der Waals surface area contributed by atoms with Gasteiger partial charge in [0.2, 0.25) is 12.2 Å². The lowest BCUT2D eigenvalue weighted by Crippen LogP contribution is -2.50. The summed E-state index contributed by atoms with van der Waals surface area (Å²) in [6, 6.07) is 2.10. The molecule has 0 radical (unpaired) electrons. The first-order valence-electron chi connectivity index (χ1n) is 14.6. The molecule has 5 rings (SSSR count). The average molecular weight is 565 g/mol. The Labute approximate surface area is 241 Å². The monoisotopic (exact) mass is 564 g/mol. The number of nitriles is 1. The largest absolute Gasteiger partial charge is 0.458 e. The molecule has 0 unspecified atom stereocenters. The van der Waals surface area contributed by atoms with Crippen LogP contribution in [0.3, 0.4) is 0 Å². The summed E-state index contributed by atoms with van der Waals surface area (Å²) >= 11 is 0. The maximum Gasteiger partial charge on any atom is 0.330 e. The third-order valence-electron chi connectivity index (χ3n) is 8.45. The molecule has 5 heterocycles. The summed E-state index contributed by atoms with van der Waals surface area (Å²) < 4.78 is 36.7. The van der Waals surface area contributed by atoms with Crippen LogP contribution >= 0.6 is 0 Å². The van der Waals surface area contributed by atoms with E-state index in [2.05, 4.69) is 17.6 Å². The Morgan fingerprint density at radius 2 is 1.88 bits per heavy atom. The molecule has 1 aromatic rings. The van der Waals surface area contributed by atoms with Gasteiger partial charge < -0.3 is 28.1 Å². The number of ether oxygens (including phenoxy) is 5. The van der Waals surface area contributed by atoms with E-state index in [1.54, 1.807) is 12.3 Å². The summed E-state index contributed by atoms with van der Waals surface area (Å²) in [6.45, 7) is 10.7. The Kier molecular flexibility index (Phi) is 9.56. The van der Waals surface area contributed by atoms with Gasteiger partial charge in [0, 0.05) is 30.4 Å². The van der Waals surface area contributed by atoms with Gasteiger partial charge in [0.25, 0.3) is 0 Å². The predicted octanol–water partition coefficient (Wildman–Crippen LogP) is 5.76. The molecule has 9 heteroatoms. The van der Waals surface area contributed by atoms with E-state index in [1.165, 1.54) is 12.2 Å². The van der Waals surface area contributed by atoms with Crippen molar-refractivity contribution < 1.29 is 32.9 Å². The van der Waals surface area contributed by atoms with E-state index in [1.807, 2.05) is 32.9 Å². The van der Waals surface area contributed by atoms with Crippen molar-refractivity contribution in [2.24, 2.45) is 11.8 Å². The zero-order valence-corrected chi connectivity index (χ0v) is 24.1. The fraction of sp³-hybridized carbons (Fsp3) is 0.594. The van der Waals surface area contributed by atoms with E-state index >= 15 is 0 Å². The zero-order chi connectivity index (χ0) is 28.9. The summed E-state index contributed by atoms with van der Waals surface area (Å²) in [4.78, 5) is 17.6. The van der Waals surface area contributed by atoms with Gasteiger partial charge in [-0.05, 0) is 50.7 Å². The lowest BCUT2D eigenvalue weighted by molar-refractivity contribution is -0.227. The van der Waals surface area contributed by atoms with Gasteiger partial charge in [-0.25, -0.2) is 9.78 Å². The Bertz CT molecular complexity index is 1230. The van der Waals surface area contributed by atoms with E-state index in [0.717, 1.165) is 36.8 Å². The number of rotatable bonds is 1. The molecule has 4 aliphatic heterocycles. The molecule has 3 fully saturated rings. The van der Waals surface area contributed by atoms with Gasteiger partial charge in [-0.1, -0.05) is 38.2 Å². The number of fused-ring (bicyclic) bond motifs is 9. The van der Waals surface area contributed by atoms with Crippen molar-refractivity contribution in [2.45, 2.75) is 102 Å². The van der Waals surface area contributed by atoms with Crippen LogP contribution in [0.4, 0.5) is 0 Å². The van der Waals surface area contributed by atoms with Crippen LogP contribution in [0.25, 0.3) is 6.08 Å². The number of esters is 1. The molecule has 1 aromatic heterocycles. The molecule has 0 spiro atoms. The van der Waals surface area contributed by atoms with Gasteiger partial charge in [0.15, 0.2) is 0 Å². The molecule has 41 heavy (non-hydrogen) atoms. The summed E-state index contributed by atoms with van der Waals surface area (Å²) in [5.74, 6) is -0.166. The summed E-state index contributed by atoms with van der Waals surface area (Å²) in [5.41, 5.74) is 2.54. The van der Waals surface area contributed by atoms with E-state index < -0.39 is 18.4 Å². The molecule has 9 nitrogen and oxygen atoms in total. The van der Waals surface area contributed by atoms with Gasteiger partial charge in [-0.15, -0.1) is 0 Å². The highest BCUT2D eigenvalue weighted by Crippen LogP contribution is 2.37. The first kappa shape index (κ1) is 29.5. The highest BCUT2D eigenvalue weighted by Gasteiger charge is 2.43. The predicted molar refractivity (Wildman–Crippen MR) is 150 cm³/mol. The standard InChI is InChI=1S/C32H40N2O7/c1-19-15-23-7-5-10-29(35)41-31-21(3)27(40-30(22(31)4)20(2)11-13-33)8-6-9-28-34-26(18-37-28)32-36-14-12-24(39-32)17-25(16-19)38-23/h5-6,9-11,18,21-25,27,30-32H,1,7-8,12,14-17H2,2-4H3/b9-6+,10-5+,20-11+/t21-,22-,23-,24-,25+,27+,30-,31-,32-/m0/s1. The SMILES string of the molecule is C=C1C[C@@H]2C[C@@H]3CCO[C@@H](O3)c3coc(n3)/C=C/C[C@H]3O[C@@H](/C(C)=C/C#N)[C@H](C)[C@@H](OC(=O)/C=C/C[C@@H](C1)O2)[C@H]3C. The van der Waals surface area contributed by atoms with Gasteiger partial charge in [0.1, 0.15) is 18.1 Å². The smallest absolute Gasteiger partial charge is 0.330 e. The lowest BCUT2D eigenvalue weighted by Gasteiger charge is -2.44. The van der Waals surface area contributed by atoms with Gasteiger partial charge >= 0.3 is 5.97 Å². The van der Waals surface area contributed by atoms with Gasteiger partial charge in [-0.3, -0.25) is 0 Å². The molecule has 4 aliphatic rings. The quantitative estimate of drug-likeness (QED) is 0.239. The minimum absolute atomic E-state index is 0.0160. The van der Waals surface area contributed by atoms with Crippen molar-refractivity contribution in [2.75, 3.05) is 6.61 Å². The number of allylic oxidation sites excluding steroid dienone is 1. The van der Waals surface area contributed by atoms with Crippen molar-refractivity contribution in [3.8, 4) is 6.07 Å². The van der Waals surface area contributed by atoms with Crippen molar-refractivity contribution in [1.29, 1.82) is 5.26 Å². The Morgan fingerprint density at radius 3 is 2.71 bits per heavy atom. The fourth-order valence-electron chi connectivity index (χ4n) is 6.35. The number of hydrogen-bond acceptors (Lipinski definition) is 9. The Balaban J connectivity index is 1.41. The van der Waals surface area contributed by atoms with Crippen molar-refractivity contribution in [3.05, 3.63) is 59.9 Å². The first-order valence-corrected chi connectivity index (χ1v) is 14.6. The molecule has 0 aromatic carbocycles. The van der Waals surface area contributed by atoms with Gasteiger partial charge in [-0.2, -0.15) is 5.26 Å². The highest BCUT2D eigenvalue weighted by atomic mass is 16.7. The Morgan fingerprint density at radius 1 is 1.07 bits per heavy atom. The topological polar surface area (TPSA) is 113 Å². The van der Waals surface area contributed by atoms with Crippen LogP contribution in [0.5, 0.6) is 0 Å². The van der Waals surface area contributed by atoms with Crippen LogP contribution in [0, 0.1) is 23.2 Å². The van der Waals surface area contributed by atoms with Crippen molar-refractivity contribution in [3.63, 3.8) is 0 Å². The second kappa shape index (κ2) is 13.3. The minimum atomic E-state index is -0.595. The Hall–Kier alpha value is -3.03. The van der Waals surface area contributed by atoms with Crippen LogP contribution in [0.15, 0.2) is 52.7 Å². The maximum atomic E-state index is 13.0. The minimum Gasteiger partial charge on any atom is -0.458 e. The third-order valence-corrected chi connectivity index (χ3v) is 8.45. The van der Waals surface area contributed by atoms with Crippen molar-refractivity contribution >= 4 is 12.0 Å². The normalized spacial score (nSPS) is 38.6. The number of nitrogens with zero attached hydrogens (tertiary/aromatic N) is 2. The van der Waals surface area contributed by atoms with Crippen molar-refractivity contribution in [1.82, 2.24) is 4.98 Å². The number of aromatic nitrogens is 1. The zero-order valence-electron chi connectivity index (χ0n) is 24.1. The fourth-order valence-corrected chi connectivity index (χ4v) is 6.35. The number of carbonyl (C=O) groups is 1. The maximum absolute atomic E-state index is 13.0. The first-order chi connectivity index (χ1) is 19.8. The molecule has 0 aliphatic carbocycles. The average Bonchev–Trinajstić information content (AvgIpc) is 3.41. The van der Waals surface area contributed by atoms with E-state index in [-0.39, 0.29) is 42.4 Å².